The lowest BCUT2D eigenvalue weighted by Gasteiger charge is -2.09. The topological polar surface area (TPSA) is 63.2 Å². The molecular weight excluding hydrogens is 377 g/mol. The molecule has 1 atom stereocenters. The first-order chi connectivity index (χ1) is 8.85. The zero-order valence-electron chi connectivity index (χ0n) is 10.6. The van der Waals surface area contributed by atoms with Crippen LogP contribution in [0.15, 0.2) is 18.2 Å². The maximum Gasteiger partial charge on any atom is 0.224 e. The Balaban J connectivity index is 1.93. The van der Waals surface area contributed by atoms with E-state index in [-0.39, 0.29) is 29.8 Å². The number of hydrogen-bond acceptors (Lipinski definition) is 3. The molecule has 0 unspecified atom stereocenters. The number of amides is 1. The molecule has 6 heteroatoms. The highest BCUT2D eigenvalue weighted by molar-refractivity contribution is 14.1. The fraction of sp³-hybridized carbons (Fsp3) is 0.462. The Morgan fingerprint density at radius 3 is 2.79 bits per heavy atom. The van der Waals surface area contributed by atoms with Crippen LogP contribution in [0, 0.1) is 16.4 Å². The number of carbonyl (C=O) groups is 1. The smallest absolute Gasteiger partial charge is 0.224 e. The number of benzene rings is 1. The van der Waals surface area contributed by atoms with Gasteiger partial charge in [-0.25, -0.2) is 8.42 Å². The van der Waals surface area contributed by atoms with Crippen LogP contribution in [0.2, 0.25) is 0 Å². The van der Waals surface area contributed by atoms with Crippen molar-refractivity contribution in [2.75, 3.05) is 16.8 Å². The van der Waals surface area contributed by atoms with Gasteiger partial charge >= 0.3 is 0 Å². The van der Waals surface area contributed by atoms with E-state index in [1.54, 1.807) is 0 Å². The number of hydrogen-bond donors (Lipinski definition) is 1. The van der Waals surface area contributed by atoms with Crippen molar-refractivity contribution in [2.45, 2.75) is 19.8 Å². The van der Waals surface area contributed by atoms with Crippen LogP contribution in [0.5, 0.6) is 0 Å². The Kier molecular flexibility index (Phi) is 4.50. The van der Waals surface area contributed by atoms with Crippen molar-refractivity contribution in [3.63, 3.8) is 0 Å². The molecule has 1 saturated heterocycles. The van der Waals surface area contributed by atoms with E-state index in [4.69, 9.17) is 0 Å². The Morgan fingerprint density at radius 2 is 2.21 bits per heavy atom. The molecule has 0 bridgehead atoms. The van der Waals surface area contributed by atoms with E-state index in [9.17, 15) is 13.2 Å². The number of carbonyl (C=O) groups excluding carboxylic acids is 1. The third kappa shape index (κ3) is 4.17. The standard InChI is InChI=1S/C13H16INO3S/c1-9-2-3-11(7-12(9)14)15-13(16)6-10-4-5-19(17,18)8-10/h2-3,7,10H,4-6,8H2,1H3,(H,15,16)/t10-/m1/s1. The first-order valence-electron chi connectivity index (χ1n) is 6.12. The summed E-state index contributed by atoms with van der Waals surface area (Å²) < 4.78 is 23.8. The summed E-state index contributed by atoms with van der Waals surface area (Å²) in [6.07, 6.45) is 0.880. The molecule has 2 rings (SSSR count). The minimum Gasteiger partial charge on any atom is -0.326 e. The second-order valence-corrected chi connectivity index (χ2v) is 8.38. The molecule has 4 nitrogen and oxygen atoms in total. The summed E-state index contributed by atoms with van der Waals surface area (Å²) in [6, 6.07) is 5.73. The van der Waals surface area contributed by atoms with E-state index in [2.05, 4.69) is 27.9 Å². The molecule has 0 saturated carbocycles. The predicted molar refractivity (Wildman–Crippen MR) is 83.9 cm³/mol. The van der Waals surface area contributed by atoms with Crippen LogP contribution in [0.1, 0.15) is 18.4 Å². The summed E-state index contributed by atoms with van der Waals surface area (Å²) in [6.45, 7) is 2.01. The zero-order chi connectivity index (χ0) is 14.0. The van der Waals surface area contributed by atoms with Crippen molar-refractivity contribution in [2.24, 2.45) is 5.92 Å². The van der Waals surface area contributed by atoms with Crippen LogP contribution < -0.4 is 5.32 Å². The van der Waals surface area contributed by atoms with E-state index >= 15 is 0 Å². The minimum atomic E-state index is -2.91. The maximum absolute atomic E-state index is 11.9. The minimum absolute atomic E-state index is 0.0329. The van der Waals surface area contributed by atoms with Gasteiger partial charge in [-0.05, 0) is 59.5 Å². The highest BCUT2D eigenvalue weighted by Gasteiger charge is 2.29. The molecule has 1 aromatic rings. The van der Waals surface area contributed by atoms with Crippen LogP contribution in [0.25, 0.3) is 0 Å². The van der Waals surface area contributed by atoms with Gasteiger partial charge in [0.05, 0.1) is 11.5 Å². The fourth-order valence-corrected chi connectivity index (χ4v) is 4.55. The second kappa shape index (κ2) is 5.78. The molecule has 0 radical (unpaired) electrons. The third-order valence-electron chi connectivity index (χ3n) is 3.26. The third-order valence-corrected chi connectivity index (χ3v) is 6.26. The average molecular weight is 393 g/mol. The number of anilines is 1. The average Bonchev–Trinajstić information content (AvgIpc) is 2.63. The predicted octanol–water partition coefficient (Wildman–Crippen LogP) is 2.36. The number of aryl methyl sites for hydroxylation is 1. The van der Waals surface area contributed by atoms with Gasteiger partial charge in [-0.3, -0.25) is 4.79 Å². The van der Waals surface area contributed by atoms with Gasteiger partial charge in [0.25, 0.3) is 0 Å². The molecule has 0 aliphatic carbocycles. The Bertz CT molecular complexity index is 598. The van der Waals surface area contributed by atoms with Crippen molar-refractivity contribution in [3.05, 3.63) is 27.3 Å². The van der Waals surface area contributed by atoms with Crippen molar-refractivity contribution >= 4 is 44.0 Å². The first-order valence-corrected chi connectivity index (χ1v) is 9.02. The lowest BCUT2D eigenvalue weighted by atomic mass is 10.0. The van der Waals surface area contributed by atoms with E-state index < -0.39 is 9.84 Å². The summed E-state index contributed by atoms with van der Waals surface area (Å²) in [5.74, 6) is 0.218. The highest BCUT2D eigenvalue weighted by atomic mass is 127. The van der Waals surface area contributed by atoms with Crippen molar-refractivity contribution in [1.82, 2.24) is 0 Å². The van der Waals surface area contributed by atoms with Gasteiger partial charge in [0.2, 0.25) is 5.91 Å². The molecule has 0 spiro atoms. The molecule has 0 aromatic heterocycles. The largest absolute Gasteiger partial charge is 0.326 e. The van der Waals surface area contributed by atoms with E-state index in [1.807, 2.05) is 25.1 Å². The summed E-state index contributed by atoms with van der Waals surface area (Å²) >= 11 is 2.22. The zero-order valence-corrected chi connectivity index (χ0v) is 13.6. The van der Waals surface area contributed by atoms with E-state index in [1.165, 1.54) is 5.56 Å². The number of nitrogens with one attached hydrogen (secondary N) is 1. The Morgan fingerprint density at radius 1 is 1.47 bits per heavy atom. The van der Waals surface area contributed by atoms with Gasteiger partial charge in [0.15, 0.2) is 9.84 Å². The fourth-order valence-electron chi connectivity index (χ4n) is 2.18. The van der Waals surface area contributed by atoms with Crippen LogP contribution in [0.3, 0.4) is 0 Å². The summed E-state index contributed by atoms with van der Waals surface area (Å²) in [5, 5.41) is 2.83. The van der Waals surface area contributed by atoms with Gasteiger partial charge < -0.3 is 5.32 Å². The summed E-state index contributed by atoms with van der Waals surface area (Å²) in [7, 11) is -2.91. The van der Waals surface area contributed by atoms with Crippen molar-refractivity contribution in [1.29, 1.82) is 0 Å². The normalized spacial score (nSPS) is 21.3. The molecule has 19 heavy (non-hydrogen) atoms. The second-order valence-electron chi connectivity index (χ2n) is 4.99. The molecule has 1 amide bonds. The van der Waals surface area contributed by atoms with Crippen LogP contribution >= 0.6 is 22.6 Å². The molecule has 1 aliphatic rings. The molecule has 104 valence electrons. The highest BCUT2D eigenvalue weighted by Crippen LogP contribution is 2.23. The first kappa shape index (κ1) is 14.8. The van der Waals surface area contributed by atoms with Crippen molar-refractivity contribution in [3.8, 4) is 0 Å². The molecule has 1 N–H and O–H groups in total. The Labute approximate surface area is 127 Å². The number of halogens is 1. The lowest BCUT2D eigenvalue weighted by molar-refractivity contribution is -0.116. The maximum atomic E-state index is 11.9. The molecular formula is C13H16INO3S. The van der Waals surface area contributed by atoms with Gasteiger partial charge in [-0.2, -0.15) is 0 Å². The quantitative estimate of drug-likeness (QED) is 0.803. The number of rotatable bonds is 3. The molecule has 1 fully saturated rings. The van der Waals surface area contributed by atoms with Crippen molar-refractivity contribution < 1.29 is 13.2 Å². The van der Waals surface area contributed by atoms with E-state index in [0.717, 1.165) is 9.26 Å². The van der Waals surface area contributed by atoms with Gasteiger partial charge in [0, 0.05) is 15.7 Å². The Hall–Kier alpha value is -0.630. The SMILES string of the molecule is Cc1ccc(NC(=O)C[C@H]2CCS(=O)(=O)C2)cc1I. The van der Waals surface area contributed by atoms with E-state index in [0.29, 0.717) is 6.42 Å². The summed E-state index contributed by atoms with van der Waals surface area (Å²) in [4.78, 5) is 11.9. The van der Waals surface area contributed by atoms with Crippen LogP contribution in [-0.2, 0) is 14.6 Å². The molecule has 1 aromatic carbocycles. The van der Waals surface area contributed by atoms with Gasteiger partial charge in [-0.1, -0.05) is 6.07 Å². The van der Waals surface area contributed by atoms with Gasteiger partial charge in [0.1, 0.15) is 0 Å². The summed E-state index contributed by atoms with van der Waals surface area (Å²) in [5.41, 5.74) is 1.93. The molecule has 1 heterocycles. The monoisotopic (exact) mass is 393 g/mol. The van der Waals surface area contributed by atoms with Crippen LogP contribution in [-0.4, -0.2) is 25.8 Å². The van der Waals surface area contributed by atoms with Crippen LogP contribution in [0.4, 0.5) is 5.69 Å². The lowest BCUT2D eigenvalue weighted by Crippen LogP contribution is -2.17. The van der Waals surface area contributed by atoms with Gasteiger partial charge in [-0.15, -0.1) is 0 Å². The number of sulfone groups is 1. The molecule has 1 aliphatic heterocycles.